The molecule has 2 rings (SSSR count). The van der Waals surface area contributed by atoms with Crippen molar-refractivity contribution in [2.75, 3.05) is 19.6 Å². The second-order valence-corrected chi connectivity index (χ2v) is 5.93. The lowest BCUT2D eigenvalue weighted by Gasteiger charge is -2.45. The number of carbonyl (C=O) groups is 2. The van der Waals surface area contributed by atoms with E-state index < -0.39 is 44.9 Å². The summed E-state index contributed by atoms with van der Waals surface area (Å²) in [5.74, 6) is -2.63. The van der Waals surface area contributed by atoms with Crippen molar-refractivity contribution in [1.82, 2.24) is 4.90 Å². The van der Waals surface area contributed by atoms with Crippen molar-refractivity contribution in [2.24, 2.45) is 0 Å². The van der Waals surface area contributed by atoms with Gasteiger partial charge in [-0.1, -0.05) is 6.08 Å². The fraction of sp³-hybridized carbons (Fsp3) is 0.667. The minimum absolute atomic E-state index is 0.118. The van der Waals surface area contributed by atoms with Crippen LogP contribution in [0.3, 0.4) is 0 Å². The molecule has 0 saturated carbocycles. The van der Waals surface area contributed by atoms with Crippen molar-refractivity contribution < 1.29 is 29.6 Å². The van der Waals surface area contributed by atoms with E-state index in [2.05, 4.69) is 0 Å². The molecule has 0 spiro atoms. The second kappa shape index (κ2) is 5.57. The SMILES string of the molecule is O=C(O)CCN1C[C@]2([N+](=O)[O-])CC=C(C(=O)O)[C@@]([N+](=O)[O-])(C1)C2. The minimum Gasteiger partial charge on any atom is -0.481 e. The smallest absolute Gasteiger partial charge is 0.338 e. The molecule has 1 fully saturated rings. The summed E-state index contributed by atoms with van der Waals surface area (Å²) < 4.78 is 0. The predicted octanol–water partition coefficient (Wildman–Crippen LogP) is -0.387. The van der Waals surface area contributed by atoms with Crippen LogP contribution in [-0.4, -0.2) is 67.6 Å². The Kier molecular flexibility index (Phi) is 4.07. The Hall–Kier alpha value is -2.56. The molecule has 126 valence electrons. The fourth-order valence-electron chi connectivity index (χ4n) is 3.41. The Balaban J connectivity index is 2.47. The highest BCUT2D eigenvalue weighted by molar-refractivity contribution is 5.89. The summed E-state index contributed by atoms with van der Waals surface area (Å²) in [6.07, 6.45) is -0.0256. The van der Waals surface area contributed by atoms with Crippen LogP contribution in [0.1, 0.15) is 19.3 Å². The van der Waals surface area contributed by atoms with E-state index in [-0.39, 0.29) is 32.5 Å². The third-order valence-corrected chi connectivity index (χ3v) is 4.42. The number of fused-ring (bicyclic) bond motifs is 2. The summed E-state index contributed by atoms with van der Waals surface area (Å²) in [6, 6.07) is 0. The van der Waals surface area contributed by atoms with E-state index in [0.717, 1.165) is 6.08 Å². The van der Waals surface area contributed by atoms with E-state index in [9.17, 15) is 34.9 Å². The molecule has 2 N–H and O–H groups in total. The topological polar surface area (TPSA) is 164 Å². The number of hydrogen-bond acceptors (Lipinski definition) is 7. The van der Waals surface area contributed by atoms with Gasteiger partial charge < -0.3 is 10.2 Å². The average molecular weight is 329 g/mol. The molecule has 1 aliphatic carbocycles. The summed E-state index contributed by atoms with van der Waals surface area (Å²) in [7, 11) is 0. The van der Waals surface area contributed by atoms with E-state index >= 15 is 0 Å². The molecule has 0 amide bonds. The third kappa shape index (κ3) is 2.74. The third-order valence-electron chi connectivity index (χ3n) is 4.42. The Labute approximate surface area is 129 Å². The van der Waals surface area contributed by atoms with Crippen LogP contribution in [0.4, 0.5) is 0 Å². The van der Waals surface area contributed by atoms with Crippen LogP contribution in [0.15, 0.2) is 11.6 Å². The van der Waals surface area contributed by atoms with Crippen molar-refractivity contribution in [2.45, 2.75) is 30.3 Å². The Morgan fingerprint density at radius 3 is 2.35 bits per heavy atom. The molecule has 2 atom stereocenters. The van der Waals surface area contributed by atoms with Gasteiger partial charge in [-0.15, -0.1) is 0 Å². The second-order valence-electron chi connectivity index (χ2n) is 5.93. The summed E-state index contributed by atoms with van der Waals surface area (Å²) in [5.41, 5.74) is -4.25. The zero-order valence-corrected chi connectivity index (χ0v) is 12.0. The summed E-state index contributed by atoms with van der Waals surface area (Å²) >= 11 is 0. The largest absolute Gasteiger partial charge is 0.481 e. The van der Waals surface area contributed by atoms with Crippen molar-refractivity contribution in [3.63, 3.8) is 0 Å². The van der Waals surface area contributed by atoms with Crippen molar-refractivity contribution in [1.29, 1.82) is 0 Å². The minimum atomic E-state index is -2.10. The van der Waals surface area contributed by atoms with Crippen LogP contribution < -0.4 is 0 Å². The first-order valence-electron chi connectivity index (χ1n) is 6.80. The number of rotatable bonds is 6. The molecular weight excluding hydrogens is 314 g/mol. The van der Waals surface area contributed by atoms with Gasteiger partial charge in [0.2, 0.25) is 5.54 Å². The Morgan fingerprint density at radius 1 is 1.22 bits per heavy atom. The number of nitro groups is 2. The maximum Gasteiger partial charge on any atom is 0.338 e. The maximum absolute atomic E-state index is 11.6. The molecule has 0 aromatic carbocycles. The van der Waals surface area contributed by atoms with Gasteiger partial charge in [0.1, 0.15) is 5.57 Å². The zero-order valence-electron chi connectivity index (χ0n) is 12.0. The predicted molar refractivity (Wildman–Crippen MR) is 73.1 cm³/mol. The number of hydrogen-bond donors (Lipinski definition) is 2. The van der Waals surface area contributed by atoms with Gasteiger partial charge in [-0.2, -0.15) is 0 Å². The highest BCUT2D eigenvalue weighted by atomic mass is 16.6. The molecule has 11 nitrogen and oxygen atoms in total. The Morgan fingerprint density at radius 2 is 1.87 bits per heavy atom. The molecule has 2 bridgehead atoms. The molecule has 0 radical (unpaired) electrons. The van der Waals surface area contributed by atoms with Crippen molar-refractivity contribution >= 4 is 11.9 Å². The number of piperidine rings is 1. The monoisotopic (exact) mass is 329 g/mol. The lowest BCUT2D eigenvalue weighted by molar-refractivity contribution is -0.620. The van der Waals surface area contributed by atoms with Gasteiger partial charge >= 0.3 is 11.9 Å². The van der Waals surface area contributed by atoms with E-state index in [4.69, 9.17) is 5.11 Å². The van der Waals surface area contributed by atoms with Crippen molar-refractivity contribution in [3.05, 3.63) is 31.9 Å². The van der Waals surface area contributed by atoms with Crippen LogP contribution >= 0.6 is 0 Å². The number of carboxylic acids is 2. The molecule has 1 saturated heterocycles. The van der Waals surface area contributed by atoms with Gasteiger partial charge in [0, 0.05) is 22.8 Å². The molecule has 0 aromatic rings. The molecule has 0 unspecified atom stereocenters. The van der Waals surface area contributed by atoms with Gasteiger partial charge in [-0.25, -0.2) is 4.79 Å². The van der Waals surface area contributed by atoms with Gasteiger partial charge in [0.05, 0.1) is 25.9 Å². The molecular formula is C12H15N3O8. The van der Waals surface area contributed by atoms with Crippen LogP contribution in [-0.2, 0) is 9.59 Å². The number of likely N-dealkylation sites (tertiary alicyclic amines) is 1. The van der Waals surface area contributed by atoms with Gasteiger partial charge in [0.25, 0.3) is 5.54 Å². The van der Waals surface area contributed by atoms with E-state index in [1.807, 2.05) is 0 Å². The van der Waals surface area contributed by atoms with Crippen molar-refractivity contribution in [3.8, 4) is 0 Å². The standard InChI is InChI=1S/C12H15N3O8/c16-9(17)2-4-13-6-11(14(20)21)3-1-8(10(18)19)12(5-11,7-13)15(22)23/h1H,2-7H2,(H,16,17)(H,18,19)/t11-,12-/m0/s1. The quantitative estimate of drug-likeness (QED) is 0.487. The lowest BCUT2D eigenvalue weighted by atomic mass is 9.68. The maximum atomic E-state index is 11.6. The Bertz CT molecular complexity index is 617. The first-order chi connectivity index (χ1) is 10.6. The summed E-state index contributed by atoms with van der Waals surface area (Å²) in [4.78, 5) is 45.0. The van der Waals surface area contributed by atoms with Crippen LogP contribution in [0.2, 0.25) is 0 Å². The zero-order chi connectivity index (χ0) is 17.4. The highest BCUT2D eigenvalue weighted by Gasteiger charge is 2.66. The highest BCUT2D eigenvalue weighted by Crippen LogP contribution is 2.44. The molecule has 23 heavy (non-hydrogen) atoms. The van der Waals surface area contributed by atoms with Gasteiger partial charge in [-0.05, 0) is 0 Å². The lowest BCUT2D eigenvalue weighted by Crippen LogP contribution is -2.68. The molecule has 1 heterocycles. The van der Waals surface area contributed by atoms with Crippen LogP contribution in [0.5, 0.6) is 0 Å². The normalized spacial score (nSPS) is 30.3. The average Bonchev–Trinajstić information content (AvgIpc) is 2.44. The molecule has 1 aliphatic heterocycles. The van der Waals surface area contributed by atoms with Gasteiger partial charge in [-0.3, -0.25) is 29.9 Å². The summed E-state index contributed by atoms with van der Waals surface area (Å²) in [5, 5.41) is 41.0. The number of carboxylic acid groups (broad SMARTS) is 2. The van der Waals surface area contributed by atoms with Gasteiger partial charge in [0.15, 0.2) is 0 Å². The first-order valence-corrected chi connectivity index (χ1v) is 6.80. The molecule has 11 heteroatoms. The van der Waals surface area contributed by atoms with E-state index in [1.165, 1.54) is 4.90 Å². The first kappa shape index (κ1) is 16.8. The van der Waals surface area contributed by atoms with Crippen LogP contribution in [0.25, 0.3) is 0 Å². The van der Waals surface area contributed by atoms with E-state index in [1.54, 1.807) is 0 Å². The molecule has 0 aromatic heterocycles. The molecule has 2 aliphatic rings. The van der Waals surface area contributed by atoms with Crippen LogP contribution in [0, 0.1) is 20.2 Å². The van der Waals surface area contributed by atoms with E-state index in [0.29, 0.717) is 0 Å². The fourth-order valence-corrected chi connectivity index (χ4v) is 3.41. The summed E-state index contributed by atoms with van der Waals surface area (Å²) in [6.45, 7) is -0.624. The number of nitrogens with zero attached hydrogens (tertiary/aromatic N) is 3. The number of aliphatic carboxylic acids is 2.